The maximum absolute atomic E-state index is 11.3. The zero-order valence-electron chi connectivity index (χ0n) is 10.5. The fraction of sp³-hybridized carbons (Fsp3) is 0.133. The maximum atomic E-state index is 11.3. The molecule has 0 spiro atoms. The molecule has 102 valence electrons. The first kappa shape index (κ1) is 13.5. The summed E-state index contributed by atoms with van der Waals surface area (Å²) in [5, 5.41) is 0.743. The molecular weight excluding hydrogens is 340 g/mol. The lowest BCUT2D eigenvalue weighted by Crippen LogP contribution is -1.99. The Balaban J connectivity index is 1.88. The largest absolute Gasteiger partial charge is 0.323 e. The lowest BCUT2D eigenvalue weighted by atomic mass is 10.0. The van der Waals surface area contributed by atoms with Crippen LogP contribution in [0, 0.1) is 0 Å². The number of imidazole rings is 1. The van der Waals surface area contributed by atoms with Gasteiger partial charge in [-0.05, 0) is 41.8 Å². The van der Waals surface area contributed by atoms with Gasteiger partial charge in [0.2, 0.25) is 0 Å². The third kappa shape index (κ3) is 2.81. The molecular formula is C15H12BrClN2O. The number of alkyl halides is 1. The molecule has 0 saturated heterocycles. The van der Waals surface area contributed by atoms with Crippen LogP contribution in [-0.4, -0.2) is 9.97 Å². The Morgan fingerprint density at radius 3 is 2.70 bits per heavy atom. The van der Waals surface area contributed by atoms with Gasteiger partial charge in [-0.25, -0.2) is 4.79 Å². The zero-order chi connectivity index (χ0) is 14.1. The van der Waals surface area contributed by atoms with Crippen LogP contribution in [0.2, 0.25) is 5.02 Å². The van der Waals surface area contributed by atoms with Crippen molar-refractivity contribution in [2.45, 2.75) is 11.2 Å². The van der Waals surface area contributed by atoms with Gasteiger partial charge in [-0.2, -0.15) is 0 Å². The number of aromatic amines is 2. The Labute approximate surface area is 129 Å². The number of fused-ring (bicyclic) bond motifs is 1. The Morgan fingerprint density at radius 2 is 1.90 bits per heavy atom. The molecule has 0 bridgehead atoms. The van der Waals surface area contributed by atoms with Gasteiger partial charge >= 0.3 is 5.69 Å². The SMILES string of the molecule is O=c1[nH]c2ccc(C(Br)Cc3cccc(Cl)c3)cc2[nH]1. The van der Waals surface area contributed by atoms with Gasteiger partial charge in [0.25, 0.3) is 0 Å². The Bertz CT molecular complexity index is 809. The molecule has 1 unspecified atom stereocenters. The van der Waals surface area contributed by atoms with Crippen molar-refractivity contribution >= 4 is 38.6 Å². The second-order valence-electron chi connectivity index (χ2n) is 4.69. The molecule has 0 aliphatic carbocycles. The van der Waals surface area contributed by atoms with Crippen molar-refractivity contribution in [1.29, 1.82) is 0 Å². The van der Waals surface area contributed by atoms with Crippen molar-refractivity contribution in [2.75, 3.05) is 0 Å². The topological polar surface area (TPSA) is 48.6 Å². The summed E-state index contributed by atoms with van der Waals surface area (Å²) in [4.78, 5) is 16.9. The average molecular weight is 352 g/mol. The highest BCUT2D eigenvalue weighted by molar-refractivity contribution is 9.09. The minimum absolute atomic E-state index is 0.170. The predicted octanol–water partition coefficient (Wildman–Crippen LogP) is 4.19. The third-order valence-corrected chi connectivity index (χ3v) is 4.29. The van der Waals surface area contributed by atoms with Crippen LogP contribution in [0.15, 0.2) is 47.3 Å². The normalized spacial score (nSPS) is 12.7. The number of halogens is 2. The summed E-state index contributed by atoms with van der Waals surface area (Å²) in [6.45, 7) is 0. The van der Waals surface area contributed by atoms with Crippen molar-refractivity contribution in [1.82, 2.24) is 9.97 Å². The number of H-pyrrole nitrogens is 2. The average Bonchev–Trinajstić information content (AvgIpc) is 2.77. The van der Waals surface area contributed by atoms with Crippen LogP contribution in [0.1, 0.15) is 16.0 Å². The number of rotatable bonds is 3. The van der Waals surface area contributed by atoms with Crippen LogP contribution < -0.4 is 5.69 Å². The highest BCUT2D eigenvalue weighted by Gasteiger charge is 2.10. The molecule has 2 aromatic carbocycles. The van der Waals surface area contributed by atoms with E-state index in [1.165, 1.54) is 5.56 Å². The summed E-state index contributed by atoms with van der Waals surface area (Å²) in [5.41, 5.74) is 3.75. The predicted molar refractivity (Wildman–Crippen MR) is 85.7 cm³/mol. The summed E-state index contributed by atoms with van der Waals surface area (Å²) in [7, 11) is 0. The molecule has 3 aromatic rings. The van der Waals surface area contributed by atoms with Crippen molar-refractivity contribution in [2.24, 2.45) is 0 Å². The van der Waals surface area contributed by atoms with E-state index in [4.69, 9.17) is 11.6 Å². The van der Waals surface area contributed by atoms with Gasteiger partial charge in [0.15, 0.2) is 0 Å². The summed E-state index contributed by atoms with van der Waals surface area (Å²) in [6, 6.07) is 13.7. The summed E-state index contributed by atoms with van der Waals surface area (Å²) in [6.07, 6.45) is 0.834. The first-order chi connectivity index (χ1) is 9.61. The molecule has 2 N–H and O–H groups in total. The molecule has 0 fully saturated rings. The van der Waals surface area contributed by atoms with E-state index in [0.717, 1.165) is 28.0 Å². The molecule has 1 heterocycles. The zero-order valence-corrected chi connectivity index (χ0v) is 12.8. The Kier molecular flexibility index (Phi) is 3.68. The number of hydrogen-bond donors (Lipinski definition) is 2. The second kappa shape index (κ2) is 5.46. The van der Waals surface area contributed by atoms with Gasteiger partial charge in [-0.3, -0.25) is 0 Å². The summed E-state index contributed by atoms with van der Waals surface area (Å²) in [5.74, 6) is 0. The van der Waals surface area contributed by atoms with E-state index in [1.807, 2.05) is 36.4 Å². The molecule has 3 rings (SSSR count). The van der Waals surface area contributed by atoms with Gasteiger partial charge in [0, 0.05) is 9.85 Å². The number of hydrogen-bond acceptors (Lipinski definition) is 1. The highest BCUT2D eigenvalue weighted by atomic mass is 79.9. The summed E-state index contributed by atoms with van der Waals surface area (Å²) >= 11 is 9.69. The third-order valence-electron chi connectivity index (χ3n) is 3.21. The minimum Gasteiger partial charge on any atom is -0.306 e. The quantitative estimate of drug-likeness (QED) is 0.683. The van der Waals surface area contributed by atoms with E-state index in [-0.39, 0.29) is 10.5 Å². The fourth-order valence-electron chi connectivity index (χ4n) is 2.23. The van der Waals surface area contributed by atoms with E-state index in [1.54, 1.807) is 0 Å². The molecule has 0 radical (unpaired) electrons. The van der Waals surface area contributed by atoms with E-state index in [0.29, 0.717) is 0 Å². The van der Waals surface area contributed by atoms with Crippen LogP contribution in [0.5, 0.6) is 0 Å². The van der Waals surface area contributed by atoms with E-state index < -0.39 is 0 Å². The second-order valence-corrected chi connectivity index (χ2v) is 6.23. The van der Waals surface area contributed by atoms with E-state index in [9.17, 15) is 4.79 Å². The lowest BCUT2D eigenvalue weighted by Gasteiger charge is -2.10. The van der Waals surface area contributed by atoms with Gasteiger partial charge in [0.1, 0.15) is 0 Å². The first-order valence-corrected chi connectivity index (χ1v) is 7.51. The Hall–Kier alpha value is -1.52. The minimum atomic E-state index is -0.182. The van der Waals surface area contributed by atoms with Gasteiger partial charge < -0.3 is 9.97 Å². The molecule has 5 heteroatoms. The molecule has 3 nitrogen and oxygen atoms in total. The monoisotopic (exact) mass is 350 g/mol. The molecule has 20 heavy (non-hydrogen) atoms. The number of benzene rings is 2. The lowest BCUT2D eigenvalue weighted by molar-refractivity contribution is 0.950. The molecule has 1 aromatic heterocycles. The van der Waals surface area contributed by atoms with Crippen molar-refractivity contribution in [3.63, 3.8) is 0 Å². The number of nitrogens with one attached hydrogen (secondary N) is 2. The molecule has 0 amide bonds. The van der Waals surface area contributed by atoms with Gasteiger partial charge in [-0.1, -0.05) is 45.7 Å². The molecule has 0 saturated carbocycles. The molecule has 0 aliphatic rings. The van der Waals surface area contributed by atoms with Crippen molar-refractivity contribution in [3.05, 3.63) is 69.1 Å². The molecule has 0 aliphatic heterocycles. The van der Waals surface area contributed by atoms with Crippen LogP contribution in [0.4, 0.5) is 0 Å². The van der Waals surface area contributed by atoms with Crippen LogP contribution in [0.3, 0.4) is 0 Å². The van der Waals surface area contributed by atoms with E-state index >= 15 is 0 Å². The molecule has 1 atom stereocenters. The van der Waals surface area contributed by atoms with Gasteiger partial charge in [-0.15, -0.1) is 0 Å². The van der Waals surface area contributed by atoms with Crippen molar-refractivity contribution < 1.29 is 0 Å². The highest BCUT2D eigenvalue weighted by Crippen LogP contribution is 2.29. The Morgan fingerprint density at radius 1 is 1.10 bits per heavy atom. The fourth-order valence-corrected chi connectivity index (χ4v) is 3.11. The first-order valence-electron chi connectivity index (χ1n) is 6.22. The van der Waals surface area contributed by atoms with Gasteiger partial charge in [0.05, 0.1) is 11.0 Å². The van der Waals surface area contributed by atoms with Crippen LogP contribution in [0.25, 0.3) is 11.0 Å². The standard InChI is InChI=1S/C15H12BrClN2O/c16-12(7-9-2-1-3-11(17)6-9)10-4-5-13-14(8-10)19-15(20)18-13/h1-6,8,12H,7H2,(H2,18,19,20). The smallest absolute Gasteiger partial charge is 0.306 e. The van der Waals surface area contributed by atoms with E-state index in [2.05, 4.69) is 32.0 Å². The van der Waals surface area contributed by atoms with Crippen LogP contribution in [-0.2, 0) is 6.42 Å². The summed E-state index contributed by atoms with van der Waals surface area (Å²) < 4.78 is 0. The van der Waals surface area contributed by atoms with Crippen LogP contribution >= 0.6 is 27.5 Å². The maximum Gasteiger partial charge on any atom is 0.323 e. The van der Waals surface area contributed by atoms with Crippen molar-refractivity contribution in [3.8, 4) is 0 Å². The number of aromatic nitrogens is 2.